The zero-order valence-corrected chi connectivity index (χ0v) is 13.6. The van der Waals surface area contributed by atoms with Crippen molar-refractivity contribution in [3.05, 3.63) is 66.6 Å². The van der Waals surface area contributed by atoms with Gasteiger partial charge in [-0.25, -0.2) is 9.07 Å². The summed E-state index contributed by atoms with van der Waals surface area (Å²) in [5.41, 5.74) is 2.07. The van der Waals surface area contributed by atoms with Crippen LogP contribution in [0, 0.1) is 5.82 Å². The molecule has 1 aliphatic heterocycles. The molecule has 7 heteroatoms. The third kappa shape index (κ3) is 2.95. The summed E-state index contributed by atoms with van der Waals surface area (Å²) in [5, 5.41) is 9.67. The van der Waals surface area contributed by atoms with Crippen molar-refractivity contribution in [3.63, 3.8) is 0 Å². The second kappa shape index (κ2) is 6.44. The van der Waals surface area contributed by atoms with Crippen molar-refractivity contribution >= 4 is 23.3 Å². The number of rotatable bonds is 4. The Kier molecular flexibility index (Phi) is 3.96. The van der Waals surface area contributed by atoms with Gasteiger partial charge in [-0.2, -0.15) is 5.10 Å². The van der Waals surface area contributed by atoms with Crippen LogP contribution in [0.15, 0.2) is 60.8 Å². The summed E-state index contributed by atoms with van der Waals surface area (Å²) in [6.07, 6.45) is 1.58. The number of hydrogen-bond acceptors (Lipinski definition) is 3. The first-order valence-corrected chi connectivity index (χ1v) is 8.11. The highest BCUT2D eigenvalue weighted by Gasteiger charge is 2.35. The number of carbonyl (C=O) groups is 2. The fraction of sp³-hybridized carbons (Fsp3) is 0.105. The second-order valence-corrected chi connectivity index (χ2v) is 5.99. The molecule has 2 amide bonds. The summed E-state index contributed by atoms with van der Waals surface area (Å²) < 4.78 is 14.7. The number of halogens is 1. The number of fused-ring (bicyclic) bond motifs is 1. The van der Waals surface area contributed by atoms with Gasteiger partial charge < -0.3 is 10.6 Å². The van der Waals surface area contributed by atoms with E-state index in [9.17, 15) is 14.0 Å². The van der Waals surface area contributed by atoms with E-state index in [2.05, 4.69) is 15.7 Å². The first-order chi connectivity index (χ1) is 12.6. The predicted octanol–water partition coefficient (Wildman–Crippen LogP) is 3.21. The molecule has 0 aliphatic carbocycles. The smallest absolute Gasteiger partial charge is 0.251 e. The Bertz CT molecular complexity index is 984. The fourth-order valence-electron chi connectivity index (χ4n) is 3.00. The van der Waals surface area contributed by atoms with Crippen molar-refractivity contribution in [2.45, 2.75) is 12.5 Å². The van der Waals surface area contributed by atoms with E-state index in [-0.39, 0.29) is 18.2 Å². The minimum Gasteiger partial charge on any atom is -0.326 e. The van der Waals surface area contributed by atoms with Crippen LogP contribution in [0.25, 0.3) is 11.1 Å². The standard InChI is InChI=1S/C19H15FN4O2/c20-13-7-4-8-14(9-13)22-17(25)10-16-19(26)23-18-15(11-21-24(16)18)12-5-2-1-3-6-12/h1-9,11,16H,10H2,(H,22,25)(H,23,26)/t16-/m1/s1. The molecule has 0 saturated carbocycles. The minimum atomic E-state index is -0.740. The SMILES string of the molecule is O=C(C[C@@H]1C(=O)Nc2c(-c3ccccc3)cnn21)Nc1cccc(F)c1. The van der Waals surface area contributed by atoms with Crippen molar-refractivity contribution in [3.8, 4) is 11.1 Å². The molecule has 1 atom stereocenters. The number of nitrogens with one attached hydrogen (secondary N) is 2. The topological polar surface area (TPSA) is 76.0 Å². The molecule has 0 spiro atoms. The van der Waals surface area contributed by atoms with E-state index in [4.69, 9.17) is 0 Å². The Hall–Kier alpha value is -3.48. The molecule has 0 radical (unpaired) electrons. The number of anilines is 2. The summed E-state index contributed by atoms with van der Waals surface area (Å²) in [6.45, 7) is 0. The molecule has 0 saturated heterocycles. The lowest BCUT2D eigenvalue weighted by atomic mass is 10.1. The number of aromatic nitrogens is 2. The van der Waals surface area contributed by atoms with Crippen LogP contribution in [-0.4, -0.2) is 21.6 Å². The maximum absolute atomic E-state index is 13.2. The molecule has 6 nitrogen and oxygen atoms in total. The number of benzene rings is 2. The molecule has 130 valence electrons. The Balaban J connectivity index is 1.53. The van der Waals surface area contributed by atoms with E-state index >= 15 is 0 Å². The van der Waals surface area contributed by atoms with Crippen LogP contribution < -0.4 is 10.6 Å². The van der Waals surface area contributed by atoms with E-state index in [0.717, 1.165) is 11.1 Å². The van der Waals surface area contributed by atoms with Crippen LogP contribution in [0.4, 0.5) is 15.9 Å². The van der Waals surface area contributed by atoms with Crippen LogP contribution in [0.5, 0.6) is 0 Å². The minimum absolute atomic E-state index is 0.0920. The third-order valence-electron chi connectivity index (χ3n) is 4.21. The summed E-state index contributed by atoms with van der Waals surface area (Å²) in [7, 11) is 0. The van der Waals surface area contributed by atoms with Crippen LogP contribution in [0.2, 0.25) is 0 Å². The van der Waals surface area contributed by atoms with Crippen molar-refractivity contribution in [1.29, 1.82) is 0 Å². The van der Waals surface area contributed by atoms with Gasteiger partial charge in [-0.15, -0.1) is 0 Å². The van der Waals surface area contributed by atoms with E-state index in [0.29, 0.717) is 11.5 Å². The van der Waals surface area contributed by atoms with Gasteiger partial charge in [-0.1, -0.05) is 36.4 Å². The third-order valence-corrected chi connectivity index (χ3v) is 4.21. The molecule has 2 heterocycles. The van der Waals surface area contributed by atoms with Gasteiger partial charge in [0.2, 0.25) is 5.91 Å². The highest BCUT2D eigenvalue weighted by atomic mass is 19.1. The number of hydrogen-bond donors (Lipinski definition) is 2. The van der Waals surface area contributed by atoms with Crippen LogP contribution in [-0.2, 0) is 9.59 Å². The van der Waals surface area contributed by atoms with Gasteiger partial charge in [-0.05, 0) is 23.8 Å². The Morgan fingerprint density at radius 1 is 1.19 bits per heavy atom. The van der Waals surface area contributed by atoms with Crippen LogP contribution >= 0.6 is 0 Å². The van der Waals surface area contributed by atoms with Gasteiger partial charge in [0.05, 0.1) is 12.6 Å². The first kappa shape index (κ1) is 16.0. The largest absolute Gasteiger partial charge is 0.326 e. The molecule has 4 rings (SSSR count). The van der Waals surface area contributed by atoms with Crippen molar-refractivity contribution in [2.75, 3.05) is 10.6 Å². The molecule has 2 aromatic carbocycles. The van der Waals surface area contributed by atoms with Gasteiger partial charge >= 0.3 is 0 Å². The van der Waals surface area contributed by atoms with Gasteiger partial charge in [-0.3, -0.25) is 9.59 Å². The Morgan fingerprint density at radius 2 is 2.00 bits per heavy atom. The molecular weight excluding hydrogens is 335 g/mol. The monoisotopic (exact) mass is 350 g/mol. The average Bonchev–Trinajstić information content (AvgIpc) is 3.16. The number of amides is 2. The number of carbonyl (C=O) groups excluding carboxylic acids is 2. The lowest BCUT2D eigenvalue weighted by Gasteiger charge is -2.10. The van der Waals surface area contributed by atoms with Gasteiger partial charge in [0.1, 0.15) is 17.7 Å². The lowest BCUT2D eigenvalue weighted by Crippen LogP contribution is -2.23. The summed E-state index contributed by atoms with van der Waals surface area (Å²) in [6, 6.07) is 14.4. The van der Waals surface area contributed by atoms with Crippen molar-refractivity contribution in [1.82, 2.24) is 9.78 Å². The highest BCUT2D eigenvalue weighted by molar-refractivity contribution is 6.04. The lowest BCUT2D eigenvalue weighted by molar-refractivity contribution is -0.123. The van der Waals surface area contributed by atoms with Crippen molar-refractivity contribution in [2.24, 2.45) is 0 Å². The molecule has 0 fully saturated rings. The molecule has 3 aromatic rings. The maximum atomic E-state index is 13.2. The maximum Gasteiger partial charge on any atom is 0.251 e. The molecule has 1 aromatic heterocycles. The van der Waals surface area contributed by atoms with Crippen LogP contribution in [0.3, 0.4) is 0 Å². The van der Waals surface area contributed by atoms with E-state index < -0.39 is 11.9 Å². The molecule has 2 N–H and O–H groups in total. The summed E-state index contributed by atoms with van der Waals surface area (Å²) in [5.74, 6) is -0.548. The second-order valence-electron chi connectivity index (χ2n) is 5.99. The van der Waals surface area contributed by atoms with Crippen LogP contribution in [0.1, 0.15) is 12.5 Å². The molecule has 1 aliphatic rings. The van der Waals surface area contributed by atoms with Gasteiger partial charge in [0.15, 0.2) is 0 Å². The normalized spacial score (nSPS) is 15.4. The quantitative estimate of drug-likeness (QED) is 0.759. The molecule has 0 bridgehead atoms. The average molecular weight is 350 g/mol. The van der Waals surface area contributed by atoms with E-state index in [1.165, 1.54) is 22.9 Å². The number of nitrogens with zero attached hydrogens (tertiary/aromatic N) is 2. The van der Waals surface area contributed by atoms with E-state index in [1.54, 1.807) is 12.3 Å². The zero-order valence-electron chi connectivity index (χ0n) is 13.6. The van der Waals surface area contributed by atoms with E-state index in [1.807, 2.05) is 30.3 Å². The predicted molar refractivity (Wildman–Crippen MR) is 95.0 cm³/mol. The highest BCUT2D eigenvalue weighted by Crippen LogP contribution is 2.35. The summed E-state index contributed by atoms with van der Waals surface area (Å²) >= 11 is 0. The van der Waals surface area contributed by atoms with Gasteiger partial charge in [0.25, 0.3) is 5.91 Å². The van der Waals surface area contributed by atoms with Gasteiger partial charge in [0, 0.05) is 11.3 Å². The van der Waals surface area contributed by atoms with Crippen molar-refractivity contribution < 1.29 is 14.0 Å². The Morgan fingerprint density at radius 3 is 2.77 bits per heavy atom. The fourth-order valence-corrected chi connectivity index (χ4v) is 3.00. The Labute approximate surface area is 148 Å². The molecule has 0 unspecified atom stereocenters. The molecular formula is C19H15FN4O2. The first-order valence-electron chi connectivity index (χ1n) is 8.11. The zero-order chi connectivity index (χ0) is 18.1. The molecule has 26 heavy (non-hydrogen) atoms. The summed E-state index contributed by atoms with van der Waals surface area (Å²) in [4.78, 5) is 24.6.